The molecule has 0 saturated carbocycles. The third kappa shape index (κ3) is 4.13. The zero-order valence-electron chi connectivity index (χ0n) is 17.2. The van der Waals surface area contributed by atoms with Crippen LogP contribution in [0.15, 0.2) is 28.8 Å². The van der Waals surface area contributed by atoms with Crippen LogP contribution < -0.4 is 10.2 Å². The average molecular weight is 440 g/mol. The summed E-state index contributed by atoms with van der Waals surface area (Å²) in [7, 11) is 0. The number of amides is 1. The maximum atomic E-state index is 13.2. The second kappa shape index (κ2) is 8.28. The minimum Gasteiger partial charge on any atom is -0.446 e. The van der Waals surface area contributed by atoms with E-state index in [4.69, 9.17) is 25.7 Å². The van der Waals surface area contributed by atoms with Crippen LogP contribution in [0.25, 0.3) is 0 Å². The van der Waals surface area contributed by atoms with Crippen molar-refractivity contribution in [1.82, 2.24) is 15.0 Å². The molecule has 9 heteroatoms. The number of anilines is 2. The van der Waals surface area contributed by atoms with Gasteiger partial charge < -0.3 is 19.4 Å². The first kappa shape index (κ1) is 20.0. The highest BCUT2D eigenvalue weighted by Crippen LogP contribution is 2.28. The van der Waals surface area contributed by atoms with Gasteiger partial charge in [0.05, 0.1) is 24.8 Å². The van der Waals surface area contributed by atoms with Crippen LogP contribution in [0.1, 0.15) is 39.0 Å². The van der Waals surface area contributed by atoms with Crippen molar-refractivity contribution in [2.45, 2.75) is 32.7 Å². The highest BCUT2D eigenvalue weighted by molar-refractivity contribution is 6.30. The molecule has 3 aromatic heterocycles. The largest absolute Gasteiger partial charge is 0.446 e. The van der Waals surface area contributed by atoms with Crippen molar-refractivity contribution in [3.05, 3.63) is 63.6 Å². The van der Waals surface area contributed by atoms with Gasteiger partial charge in [0.1, 0.15) is 23.1 Å². The number of aromatic nitrogens is 3. The Kier molecular flexibility index (Phi) is 5.33. The fourth-order valence-electron chi connectivity index (χ4n) is 4.06. The van der Waals surface area contributed by atoms with Gasteiger partial charge in [0.2, 0.25) is 0 Å². The standard InChI is InChI=1S/C22H22ClN5O3/c1-13-25-18-12-28(7-4-19(18)31-13)21-10-16(15-5-8-30-9-6-17(15)26-21)22(29)27-20-3-2-14(23)11-24-20/h2-3,10-11H,4-9,12H2,1H3,(H,24,27,29). The lowest BCUT2D eigenvalue weighted by Gasteiger charge is -2.28. The second-order valence-corrected chi connectivity index (χ2v) is 8.09. The summed E-state index contributed by atoms with van der Waals surface area (Å²) in [5.41, 5.74) is 3.37. The number of nitrogens with zero attached hydrogens (tertiary/aromatic N) is 4. The second-order valence-electron chi connectivity index (χ2n) is 7.66. The minimum atomic E-state index is -0.216. The molecular formula is C22H22ClN5O3. The highest BCUT2D eigenvalue weighted by Gasteiger charge is 2.26. The number of hydrogen-bond acceptors (Lipinski definition) is 7. The molecule has 8 nitrogen and oxygen atoms in total. The number of pyridine rings is 2. The van der Waals surface area contributed by atoms with Crippen molar-refractivity contribution in [1.29, 1.82) is 0 Å². The fraction of sp³-hybridized carbons (Fsp3) is 0.364. The molecule has 0 radical (unpaired) electrons. The number of carbonyl (C=O) groups excluding carboxylic acids is 1. The Bertz CT molecular complexity index is 1130. The Morgan fingerprint density at radius 1 is 1.16 bits per heavy atom. The number of nitrogens with one attached hydrogen (secondary N) is 1. The van der Waals surface area contributed by atoms with Gasteiger partial charge in [-0.25, -0.2) is 15.0 Å². The SMILES string of the molecule is Cc1nc2c(o1)CCN(c1cc(C(=O)Nc3ccc(Cl)cn3)c3c(n1)CCOCC3)C2. The van der Waals surface area contributed by atoms with Gasteiger partial charge in [-0.1, -0.05) is 11.6 Å². The smallest absolute Gasteiger partial charge is 0.257 e. The van der Waals surface area contributed by atoms with Gasteiger partial charge in [-0.3, -0.25) is 4.79 Å². The molecule has 2 aliphatic heterocycles. The van der Waals surface area contributed by atoms with Crippen molar-refractivity contribution in [2.24, 2.45) is 0 Å². The number of rotatable bonds is 3. The zero-order valence-corrected chi connectivity index (χ0v) is 17.9. The molecule has 0 spiro atoms. The summed E-state index contributed by atoms with van der Waals surface area (Å²) in [5, 5.41) is 3.40. The molecule has 0 unspecified atom stereocenters. The van der Waals surface area contributed by atoms with Crippen molar-refractivity contribution >= 4 is 29.1 Å². The van der Waals surface area contributed by atoms with Crippen molar-refractivity contribution in [3.8, 4) is 0 Å². The van der Waals surface area contributed by atoms with Crippen molar-refractivity contribution in [2.75, 3.05) is 30.0 Å². The van der Waals surface area contributed by atoms with E-state index in [1.807, 2.05) is 13.0 Å². The van der Waals surface area contributed by atoms with E-state index >= 15 is 0 Å². The third-order valence-electron chi connectivity index (χ3n) is 5.55. The van der Waals surface area contributed by atoms with E-state index in [0.717, 1.165) is 41.5 Å². The molecule has 31 heavy (non-hydrogen) atoms. The van der Waals surface area contributed by atoms with Crippen LogP contribution in [0.4, 0.5) is 11.6 Å². The first-order valence-electron chi connectivity index (χ1n) is 10.3. The number of hydrogen-bond donors (Lipinski definition) is 1. The Morgan fingerprint density at radius 2 is 2.03 bits per heavy atom. The number of halogens is 1. The van der Waals surface area contributed by atoms with Gasteiger partial charge in [0.25, 0.3) is 5.91 Å². The van der Waals surface area contributed by atoms with Crippen LogP contribution in [0, 0.1) is 6.92 Å². The Balaban J connectivity index is 1.49. The van der Waals surface area contributed by atoms with Gasteiger partial charge in [-0.15, -0.1) is 0 Å². The monoisotopic (exact) mass is 439 g/mol. The summed E-state index contributed by atoms with van der Waals surface area (Å²) in [6, 6.07) is 5.25. The number of aryl methyl sites for hydroxylation is 1. The molecule has 1 N–H and O–H groups in total. The highest BCUT2D eigenvalue weighted by atomic mass is 35.5. The fourth-order valence-corrected chi connectivity index (χ4v) is 4.17. The zero-order chi connectivity index (χ0) is 21.4. The van der Waals surface area contributed by atoms with E-state index in [1.165, 1.54) is 6.20 Å². The number of oxazole rings is 1. The number of fused-ring (bicyclic) bond motifs is 2. The first-order valence-corrected chi connectivity index (χ1v) is 10.7. The molecule has 0 saturated heterocycles. The minimum absolute atomic E-state index is 0.216. The number of ether oxygens (including phenoxy) is 1. The van der Waals surface area contributed by atoms with Crippen molar-refractivity contribution in [3.63, 3.8) is 0 Å². The van der Waals surface area contributed by atoms with Crippen LogP contribution in [0.5, 0.6) is 0 Å². The van der Waals surface area contributed by atoms with Crippen LogP contribution in [0.3, 0.4) is 0 Å². The summed E-state index contributed by atoms with van der Waals surface area (Å²) in [5.74, 6) is 2.61. The Hall–Kier alpha value is -2.97. The van der Waals surface area contributed by atoms with E-state index in [1.54, 1.807) is 12.1 Å². The Morgan fingerprint density at radius 3 is 2.87 bits per heavy atom. The molecule has 0 aromatic carbocycles. The molecule has 0 bridgehead atoms. The summed E-state index contributed by atoms with van der Waals surface area (Å²) in [6.07, 6.45) is 3.58. The van der Waals surface area contributed by atoms with Crippen LogP contribution in [-0.2, 0) is 30.5 Å². The van der Waals surface area contributed by atoms with Crippen LogP contribution in [0.2, 0.25) is 5.02 Å². The van der Waals surface area contributed by atoms with Gasteiger partial charge in [0, 0.05) is 43.8 Å². The molecule has 160 valence electrons. The summed E-state index contributed by atoms with van der Waals surface area (Å²) in [4.78, 5) is 29.0. The quantitative estimate of drug-likeness (QED) is 0.668. The predicted molar refractivity (Wildman–Crippen MR) is 116 cm³/mol. The molecule has 5 heterocycles. The van der Waals surface area contributed by atoms with E-state index in [0.29, 0.717) is 54.9 Å². The van der Waals surface area contributed by atoms with E-state index in [-0.39, 0.29) is 5.91 Å². The lowest BCUT2D eigenvalue weighted by Crippen LogP contribution is -2.31. The molecule has 2 aliphatic rings. The molecule has 0 aliphatic carbocycles. The van der Waals surface area contributed by atoms with Crippen LogP contribution >= 0.6 is 11.6 Å². The predicted octanol–water partition coefficient (Wildman–Crippen LogP) is 3.36. The van der Waals surface area contributed by atoms with Gasteiger partial charge in [-0.2, -0.15) is 0 Å². The summed E-state index contributed by atoms with van der Waals surface area (Å²) >= 11 is 5.91. The molecule has 3 aromatic rings. The number of carbonyl (C=O) groups is 1. The van der Waals surface area contributed by atoms with Gasteiger partial charge >= 0.3 is 0 Å². The lowest BCUT2D eigenvalue weighted by molar-refractivity contribution is 0.102. The average Bonchev–Trinajstić information content (AvgIpc) is 2.97. The topological polar surface area (TPSA) is 93.4 Å². The van der Waals surface area contributed by atoms with E-state index in [2.05, 4.69) is 20.2 Å². The molecular weight excluding hydrogens is 418 g/mol. The van der Waals surface area contributed by atoms with Gasteiger partial charge in [0.15, 0.2) is 5.89 Å². The first-order chi connectivity index (χ1) is 15.1. The lowest BCUT2D eigenvalue weighted by atomic mass is 10.0. The molecule has 5 rings (SSSR count). The third-order valence-corrected chi connectivity index (χ3v) is 5.77. The van der Waals surface area contributed by atoms with Crippen molar-refractivity contribution < 1.29 is 13.9 Å². The van der Waals surface area contributed by atoms with Crippen LogP contribution in [-0.4, -0.2) is 40.6 Å². The normalized spacial score (nSPS) is 15.7. The molecule has 0 fully saturated rings. The summed E-state index contributed by atoms with van der Waals surface area (Å²) < 4.78 is 11.3. The van der Waals surface area contributed by atoms with E-state index in [9.17, 15) is 4.79 Å². The Labute approximate surface area is 184 Å². The maximum absolute atomic E-state index is 13.2. The molecule has 0 atom stereocenters. The van der Waals surface area contributed by atoms with E-state index < -0.39 is 0 Å². The maximum Gasteiger partial charge on any atom is 0.257 e. The van der Waals surface area contributed by atoms with Gasteiger partial charge in [-0.05, 0) is 30.2 Å². The summed E-state index contributed by atoms with van der Waals surface area (Å²) in [6.45, 7) is 4.38. The molecule has 1 amide bonds.